The summed E-state index contributed by atoms with van der Waals surface area (Å²) in [4.78, 5) is 0. The lowest BCUT2D eigenvalue weighted by atomic mass is 9.78. The average Bonchev–Trinajstić information content (AvgIpc) is 2.68. The first-order valence-electron chi connectivity index (χ1n) is 9.27. The highest BCUT2D eigenvalue weighted by Gasteiger charge is 2.21. The Bertz CT molecular complexity index is 717. The van der Waals surface area contributed by atoms with Crippen LogP contribution in [0, 0.1) is 5.92 Å². The molecule has 0 bridgehead atoms. The fraction of sp³-hybridized carbons (Fsp3) is 0.409. The maximum atomic E-state index is 12.6. The molecule has 1 nitrogen and oxygen atoms in total. The third-order valence-corrected chi connectivity index (χ3v) is 5.70. The fourth-order valence-corrected chi connectivity index (χ4v) is 3.88. The second-order valence-corrected chi connectivity index (χ2v) is 7.38. The molecule has 0 unspecified atom stereocenters. The molecule has 0 atom stereocenters. The molecule has 0 spiro atoms. The SMILES string of the molecule is CC[C@H]1CC[C@H](c2ccc(OC(=S)c3ccc(C(F)F)cc3)cc2)CC1. The Morgan fingerprint density at radius 1 is 1.00 bits per heavy atom. The Balaban J connectivity index is 1.59. The molecule has 2 aromatic rings. The van der Waals surface area contributed by atoms with Crippen molar-refractivity contribution in [2.75, 3.05) is 0 Å². The second kappa shape index (κ2) is 8.72. The molecule has 0 amide bonds. The van der Waals surface area contributed by atoms with E-state index in [0.717, 1.165) is 5.92 Å². The monoisotopic (exact) mass is 374 g/mol. The van der Waals surface area contributed by atoms with Gasteiger partial charge in [0.1, 0.15) is 5.75 Å². The number of benzene rings is 2. The summed E-state index contributed by atoms with van der Waals surface area (Å²) in [5.74, 6) is 2.21. The van der Waals surface area contributed by atoms with Crippen molar-refractivity contribution in [1.82, 2.24) is 0 Å². The van der Waals surface area contributed by atoms with Crippen molar-refractivity contribution >= 4 is 17.3 Å². The van der Waals surface area contributed by atoms with Gasteiger partial charge in [-0.3, -0.25) is 0 Å². The number of thiocarbonyl (C=S) groups is 1. The Hall–Kier alpha value is -1.81. The van der Waals surface area contributed by atoms with Gasteiger partial charge in [-0.05, 0) is 79.6 Å². The van der Waals surface area contributed by atoms with Crippen LogP contribution in [0.1, 0.15) is 68.1 Å². The lowest BCUT2D eigenvalue weighted by molar-refractivity contribution is 0.151. The summed E-state index contributed by atoms with van der Waals surface area (Å²) < 4.78 is 31.0. The van der Waals surface area contributed by atoms with E-state index in [1.165, 1.54) is 49.8 Å². The van der Waals surface area contributed by atoms with Crippen LogP contribution in [0.4, 0.5) is 8.78 Å². The van der Waals surface area contributed by atoms with Crippen LogP contribution in [-0.4, -0.2) is 5.05 Å². The van der Waals surface area contributed by atoms with Crippen molar-refractivity contribution in [1.29, 1.82) is 0 Å². The molecule has 1 aliphatic rings. The van der Waals surface area contributed by atoms with Crippen molar-refractivity contribution in [3.05, 3.63) is 65.2 Å². The molecular formula is C22H24F2OS. The summed E-state index contributed by atoms with van der Waals surface area (Å²) in [6.07, 6.45) is 3.96. The minimum absolute atomic E-state index is 0.0151. The van der Waals surface area contributed by atoms with Crippen LogP contribution in [-0.2, 0) is 0 Å². The number of halogens is 2. The van der Waals surface area contributed by atoms with Gasteiger partial charge in [-0.25, -0.2) is 8.78 Å². The van der Waals surface area contributed by atoms with Gasteiger partial charge >= 0.3 is 0 Å². The lowest BCUT2D eigenvalue weighted by Gasteiger charge is -2.28. The highest BCUT2D eigenvalue weighted by Crippen LogP contribution is 2.37. The van der Waals surface area contributed by atoms with Crippen LogP contribution < -0.4 is 4.74 Å². The zero-order chi connectivity index (χ0) is 18.5. The number of alkyl halides is 2. The molecule has 2 aromatic carbocycles. The van der Waals surface area contributed by atoms with E-state index >= 15 is 0 Å². The summed E-state index contributed by atoms with van der Waals surface area (Å²) in [7, 11) is 0. The van der Waals surface area contributed by atoms with Gasteiger partial charge in [0.05, 0.1) is 0 Å². The zero-order valence-corrected chi connectivity index (χ0v) is 15.8. The van der Waals surface area contributed by atoms with Crippen LogP contribution in [0.5, 0.6) is 5.75 Å². The van der Waals surface area contributed by atoms with E-state index in [9.17, 15) is 8.78 Å². The largest absolute Gasteiger partial charge is 0.445 e. The smallest absolute Gasteiger partial charge is 0.263 e. The normalized spacial score (nSPS) is 20.2. The van der Waals surface area contributed by atoms with Crippen LogP contribution in [0.2, 0.25) is 0 Å². The molecule has 3 rings (SSSR count). The molecule has 1 saturated carbocycles. The summed E-state index contributed by atoms with van der Waals surface area (Å²) in [6, 6.07) is 14.0. The summed E-state index contributed by atoms with van der Waals surface area (Å²) in [5, 5.41) is 0.294. The van der Waals surface area contributed by atoms with E-state index in [0.29, 0.717) is 22.3 Å². The molecule has 1 aliphatic carbocycles. The molecule has 0 saturated heterocycles. The first-order valence-corrected chi connectivity index (χ1v) is 9.68. The Morgan fingerprint density at radius 2 is 1.62 bits per heavy atom. The van der Waals surface area contributed by atoms with Crippen LogP contribution in [0.25, 0.3) is 0 Å². The van der Waals surface area contributed by atoms with E-state index in [1.807, 2.05) is 12.1 Å². The topological polar surface area (TPSA) is 9.23 Å². The predicted octanol–water partition coefficient (Wildman–Crippen LogP) is 7.06. The molecule has 138 valence electrons. The highest BCUT2D eigenvalue weighted by atomic mass is 32.1. The fourth-order valence-electron chi connectivity index (χ4n) is 3.64. The van der Waals surface area contributed by atoms with Gasteiger partial charge in [-0.1, -0.05) is 37.6 Å². The lowest BCUT2D eigenvalue weighted by Crippen LogP contribution is -2.12. The molecule has 0 heterocycles. The van der Waals surface area contributed by atoms with Crippen LogP contribution in [0.3, 0.4) is 0 Å². The molecular weight excluding hydrogens is 350 g/mol. The molecule has 26 heavy (non-hydrogen) atoms. The number of hydrogen-bond donors (Lipinski definition) is 0. The van der Waals surface area contributed by atoms with Crippen molar-refractivity contribution < 1.29 is 13.5 Å². The third kappa shape index (κ3) is 4.67. The van der Waals surface area contributed by atoms with Gasteiger partial charge in [0.2, 0.25) is 0 Å². The van der Waals surface area contributed by atoms with Crippen molar-refractivity contribution in [3.8, 4) is 5.75 Å². The van der Waals surface area contributed by atoms with E-state index in [4.69, 9.17) is 17.0 Å². The van der Waals surface area contributed by atoms with Gasteiger partial charge in [0.15, 0.2) is 5.05 Å². The average molecular weight is 374 g/mol. The zero-order valence-electron chi connectivity index (χ0n) is 15.0. The molecule has 0 aliphatic heterocycles. The van der Waals surface area contributed by atoms with Crippen LogP contribution >= 0.6 is 12.2 Å². The number of hydrogen-bond acceptors (Lipinski definition) is 2. The number of rotatable bonds is 5. The van der Waals surface area contributed by atoms with Gasteiger partial charge in [0.25, 0.3) is 6.43 Å². The van der Waals surface area contributed by atoms with E-state index in [-0.39, 0.29) is 5.56 Å². The predicted molar refractivity (Wildman–Crippen MR) is 105 cm³/mol. The summed E-state index contributed by atoms with van der Waals surface area (Å²) in [5.41, 5.74) is 1.98. The molecule has 0 aromatic heterocycles. The summed E-state index contributed by atoms with van der Waals surface area (Å²) in [6.45, 7) is 2.28. The first-order chi connectivity index (χ1) is 12.6. The minimum atomic E-state index is -2.47. The van der Waals surface area contributed by atoms with Gasteiger partial charge in [0, 0.05) is 11.1 Å². The number of ether oxygens (including phenoxy) is 1. The van der Waals surface area contributed by atoms with E-state index in [2.05, 4.69) is 19.1 Å². The van der Waals surface area contributed by atoms with Crippen molar-refractivity contribution in [2.45, 2.75) is 51.4 Å². The van der Waals surface area contributed by atoms with E-state index in [1.54, 1.807) is 12.1 Å². The standard InChI is InChI=1S/C22H24F2OS/c1-2-15-3-5-16(6-4-15)17-11-13-20(14-12-17)25-22(26)19-9-7-18(8-10-19)21(23)24/h7-16,21H,2-6H2,1H3/t15-,16-. The van der Waals surface area contributed by atoms with Gasteiger partial charge in [-0.15, -0.1) is 0 Å². The van der Waals surface area contributed by atoms with Crippen molar-refractivity contribution in [2.24, 2.45) is 5.92 Å². The summed E-state index contributed by atoms with van der Waals surface area (Å²) >= 11 is 5.29. The molecule has 4 heteroatoms. The first kappa shape index (κ1) is 19.0. The van der Waals surface area contributed by atoms with Gasteiger partial charge in [-0.2, -0.15) is 0 Å². The minimum Gasteiger partial charge on any atom is -0.445 e. The van der Waals surface area contributed by atoms with E-state index < -0.39 is 6.43 Å². The Labute approximate surface area is 159 Å². The quantitative estimate of drug-likeness (QED) is 0.518. The second-order valence-electron chi connectivity index (χ2n) is 7.01. The third-order valence-electron chi connectivity index (χ3n) is 5.38. The maximum Gasteiger partial charge on any atom is 0.263 e. The van der Waals surface area contributed by atoms with Crippen LogP contribution in [0.15, 0.2) is 48.5 Å². The Kier molecular flexibility index (Phi) is 6.36. The molecule has 0 N–H and O–H groups in total. The highest BCUT2D eigenvalue weighted by molar-refractivity contribution is 7.80. The van der Waals surface area contributed by atoms with Gasteiger partial charge < -0.3 is 4.74 Å². The molecule has 1 fully saturated rings. The Morgan fingerprint density at radius 3 is 2.15 bits per heavy atom. The molecule has 0 radical (unpaired) electrons. The van der Waals surface area contributed by atoms with Crippen molar-refractivity contribution in [3.63, 3.8) is 0 Å². The maximum absolute atomic E-state index is 12.6.